The molecule has 27 heavy (non-hydrogen) atoms. The molecule has 2 atom stereocenters. The highest BCUT2D eigenvalue weighted by Gasteiger charge is 2.70. The number of halogens is 1. The van der Waals surface area contributed by atoms with E-state index in [9.17, 15) is 14.7 Å². The first-order chi connectivity index (χ1) is 12.9. The van der Waals surface area contributed by atoms with Crippen LogP contribution in [0, 0.1) is 5.41 Å². The number of anilines is 1. The van der Waals surface area contributed by atoms with Gasteiger partial charge in [0.25, 0.3) is 0 Å². The average Bonchev–Trinajstić information content (AvgIpc) is 3.07. The number of fused-ring (bicyclic) bond motifs is 1. The molecule has 1 amide bonds. The van der Waals surface area contributed by atoms with Crippen LogP contribution in [0.25, 0.3) is 0 Å². The number of carbonyl (C=O) groups excluding carboxylic acids is 2. The van der Waals surface area contributed by atoms with E-state index in [0.717, 1.165) is 11.1 Å². The molecule has 1 aliphatic heterocycles. The van der Waals surface area contributed by atoms with E-state index in [1.54, 1.807) is 29.2 Å². The predicted molar refractivity (Wildman–Crippen MR) is 105 cm³/mol. The zero-order valence-electron chi connectivity index (χ0n) is 15.4. The number of rotatable bonds is 3. The highest BCUT2D eigenvalue weighted by atomic mass is 35.5. The van der Waals surface area contributed by atoms with Crippen molar-refractivity contribution in [1.82, 2.24) is 0 Å². The van der Waals surface area contributed by atoms with E-state index in [1.807, 2.05) is 38.1 Å². The van der Waals surface area contributed by atoms with Gasteiger partial charge in [0.15, 0.2) is 5.78 Å². The number of Topliss-reactive ketones (excluding diaryl/α,β-unsaturated/α-hetero) is 1. The summed E-state index contributed by atoms with van der Waals surface area (Å²) in [6, 6.07) is 14.4. The summed E-state index contributed by atoms with van der Waals surface area (Å²) in [5.41, 5.74) is -0.189. The Labute approximate surface area is 163 Å². The minimum absolute atomic E-state index is 0.177. The van der Waals surface area contributed by atoms with E-state index in [-0.39, 0.29) is 11.7 Å². The Morgan fingerprint density at radius 3 is 2.30 bits per heavy atom. The van der Waals surface area contributed by atoms with Crippen molar-refractivity contribution in [2.75, 3.05) is 4.90 Å². The Morgan fingerprint density at radius 1 is 1.07 bits per heavy atom. The van der Waals surface area contributed by atoms with Gasteiger partial charge in [0.1, 0.15) is 17.1 Å². The molecule has 1 heterocycles. The molecule has 1 aliphatic carbocycles. The molecule has 2 aromatic carbocycles. The number of benzene rings is 2. The fraction of sp³-hybridized carbons (Fsp3) is 0.364. The van der Waals surface area contributed by atoms with E-state index in [4.69, 9.17) is 11.6 Å². The summed E-state index contributed by atoms with van der Waals surface area (Å²) in [5.74, 6) is -0.407. The largest absolute Gasteiger partial charge is 0.385 e. The van der Waals surface area contributed by atoms with Crippen LogP contribution < -0.4 is 4.90 Å². The van der Waals surface area contributed by atoms with Gasteiger partial charge in [-0.2, -0.15) is 0 Å². The highest BCUT2D eigenvalue weighted by Crippen LogP contribution is 2.55. The van der Waals surface area contributed by atoms with Crippen molar-refractivity contribution in [2.24, 2.45) is 5.41 Å². The molecular weight excluding hydrogens is 362 g/mol. The monoisotopic (exact) mass is 383 g/mol. The molecule has 1 fully saturated rings. The van der Waals surface area contributed by atoms with Gasteiger partial charge in [0.2, 0.25) is 5.91 Å². The van der Waals surface area contributed by atoms with Crippen LogP contribution in [-0.2, 0) is 16.0 Å². The van der Waals surface area contributed by atoms with E-state index in [1.165, 1.54) is 0 Å². The van der Waals surface area contributed by atoms with Gasteiger partial charge in [-0.05, 0) is 48.2 Å². The molecule has 1 N–H and O–H groups in total. The number of hydrogen-bond acceptors (Lipinski definition) is 3. The minimum atomic E-state index is -1.30. The van der Waals surface area contributed by atoms with Gasteiger partial charge in [-0.3, -0.25) is 14.5 Å². The molecule has 1 spiro atoms. The maximum absolute atomic E-state index is 13.8. The summed E-state index contributed by atoms with van der Waals surface area (Å²) < 4.78 is 0. The molecule has 4 rings (SSSR count). The van der Waals surface area contributed by atoms with Gasteiger partial charge in [-0.15, -0.1) is 0 Å². The van der Waals surface area contributed by atoms with Crippen molar-refractivity contribution in [1.29, 1.82) is 0 Å². The first-order valence-corrected chi connectivity index (χ1v) is 9.71. The van der Waals surface area contributed by atoms with Gasteiger partial charge in [0, 0.05) is 17.1 Å². The topological polar surface area (TPSA) is 57.6 Å². The molecule has 0 unspecified atom stereocenters. The van der Waals surface area contributed by atoms with Crippen LogP contribution in [0.4, 0.5) is 5.69 Å². The lowest BCUT2D eigenvalue weighted by atomic mass is 9.73. The predicted octanol–water partition coefficient (Wildman–Crippen LogP) is 4.09. The normalized spacial score (nSPS) is 26.1. The second-order valence-corrected chi connectivity index (χ2v) is 7.87. The van der Waals surface area contributed by atoms with Crippen molar-refractivity contribution in [2.45, 2.75) is 44.8 Å². The van der Waals surface area contributed by atoms with Gasteiger partial charge in [-0.25, -0.2) is 0 Å². The quantitative estimate of drug-likeness (QED) is 0.812. The lowest BCUT2D eigenvalue weighted by molar-refractivity contribution is -0.138. The van der Waals surface area contributed by atoms with E-state index in [2.05, 4.69) is 0 Å². The van der Waals surface area contributed by atoms with Gasteiger partial charge in [-0.1, -0.05) is 49.7 Å². The van der Waals surface area contributed by atoms with Crippen LogP contribution in [0.5, 0.6) is 0 Å². The number of carbonyl (C=O) groups is 2. The van der Waals surface area contributed by atoms with Crippen LogP contribution in [0.15, 0.2) is 48.5 Å². The third kappa shape index (κ3) is 2.20. The summed E-state index contributed by atoms with van der Waals surface area (Å²) in [4.78, 5) is 29.0. The average molecular weight is 384 g/mol. The molecule has 0 aromatic heterocycles. The molecule has 0 radical (unpaired) electrons. The van der Waals surface area contributed by atoms with Crippen LogP contribution in [0.3, 0.4) is 0 Å². The smallest absolute Gasteiger partial charge is 0.241 e. The van der Waals surface area contributed by atoms with Crippen molar-refractivity contribution in [3.63, 3.8) is 0 Å². The molecule has 140 valence electrons. The first-order valence-electron chi connectivity index (χ1n) is 9.33. The van der Waals surface area contributed by atoms with Gasteiger partial charge < -0.3 is 5.11 Å². The third-order valence-electron chi connectivity index (χ3n) is 6.39. The Kier molecular flexibility index (Phi) is 4.17. The maximum atomic E-state index is 13.8. The van der Waals surface area contributed by atoms with Crippen LogP contribution in [-0.4, -0.2) is 22.3 Å². The Bertz CT molecular complexity index is 919. The number of ketones is 1. The summed E-state index contributed by atoms with van der Waals surface area (Å²) >= 11 is 6.03. The molecule has 5 heteroatoms. The Hall–Kier alpha value is -2.17. The van der Waals surface area contributed by atoms with Gasteiger partial charge >= 0.3 is 0 Å². The number of aliphatic hydroxyl groups is 1. The molecule has 0 bridgehead atoms. The third-order valence-corrected chi connectivity index (χ3v) is 6.65. The lowest BCUT2D eigenvalue weighted by Crippen LogP contribution is -2.53. The zero-order chi connectivity index (χ0) is 19.4. The van der Waals surface area contributed by atoms with Gasteiger partial charge in [0.05, 0.1) is 0 Å². The van der Waals surface area contributed by atoms with E-state index >= 15 is 0 Å². The van der Waals surface area contributed by atoms with Crippen molar-refractivity contribution < 1.29 is 14.7 Å². The van der Waals surface area contributed by atoms with Crippen molar-refractivity contribution >= 4 is 29.0 Å². The minimum Gasteiger partial charge on any atom is -0.385 e. The first kappa shape index (κ1) is 18.2. The number of hydrogen-bond donors (Lipinski definition) is 1. The summed E-state index contributed by atoms with van der Waals surface area (Å²) in [5, 5.41) is 11.8. The highest BCUT2D eigenvalue weighted by molar-refractivity contribution is 6.31. The molecule has 4 nitrogen and oxygen atoms in total. The zero-order valence-corrected chi connectivity index (χ0v) is 16.2. The fourth-order valence-electron chi connectivity index (χ4n) is 4.83. The van der Waals surface area contributed by atoms with Crippen molar-refractivity contribution in [3.05, 3.63) is 64.7 Å². The molecular formula is C22H22ClNO3. The number of amides is 1. The van der Waals surface area contributed by atoms with Crippen LogP contribution in [0.1, 0.15) is 43.9 Å². The summed E-state index contributed by atoms with van der Waals surface area (Å²) in [7, 11) is 0. The summed E-state index contributed by atoms with van der Waals surface area (Å²) in [6.07, 6.45) is 0.0895. The van der Waals surface area contributed by atoms with E-state index < -0.39 is 17.1 Å². The number of aliphatic hydroxyl groups excluding tert-OH is 1. The molecule has 0 saturated carbocycles. The second-order valence-electron chi connectivity index (χ2n) is 7.44. The van der Waals surface area contributed by atoms with Crippen molar-refractivity contribution in [3.8, 4) is 0 Å². The molecule has 2 aromatic rings. The molecule has 2 aliphatic rings. The maximum Gasteiger partial charge on any atom is 0.241 e. The van der Waals surface area contributed by atoms with Crippen LogP contribution >= 0.6 is 11.6 Å². The standard InChI is InChI=1S/C22H22ClNO3/c1-3-21(4-2)19(26)22(13-14-7-5-6-8-17(14)18(22)25)24(20(21)27)16-11-9-15(23)10-12-16/h5-12,18,25H,3-4,13H2,1-2H3/t18-,22+/m1/s1. The Balaban J connectivity index is 1.96. The summed E-state index contributed by atoms with van der Waals surface area (Å²) in [6.45, 7) is 3.74. The Morgan fingerprint density at radius 2 is 1.70 bits per heavy atom. The lowest BCUT2D eigenvalue weighted by Gasteiger charge is -2.36. The molecule has 1 saturated heterocycles. The van der Waals surface area contributed by atoms with E-state index in [0.29, 0.717) is 30.0 Å². The fourth-order valence-corrected chi connectivity index (χ4v) is 4.96. The second kappa shape index (κ2) is 6.18. The number of nitrogens with zero attached hydrogens (tertiary/aromatic N) is 1. The van der Waals surface area contributed by atoms with Crippen LogP contribution in [0.2, 0.25) is 5.02 Å². The SMILES string of the molecule is CCC1(CC)C(=O)N(c2ccc(Cl)cc2)[C@]2(Cc3ccccc3[C@H]2O)C1=O.